The number of rotatable bonds is 17. The van der Waals surface area contributed by atoms with Gasteiger partial charge in [-0.15, -0.1) is 0 Å². The average Bonchev–Trinajstić information content (AvgIpc) is 2.49. The van der Waals surface area contributed by atoms with Crippen molar-refractivity contribution in [3.63, 3.8) is 0 Å². The molecular formula is C19H42N2O2. The predicted molar refractivity (Wildman–Crippen MR) is 99.4 cm³/mol. The van der Waals surface area contributed by atoms with Crippen LogP contribution in [0.3, 0.4) is 0 Å². The lowest BCUT2D eigenvalue weighted by atomic mass is 10.0. The summed E-state index contributed by atoms with van der Waals surface area (Å²) in [6, 6.07) is 0.153. The monoisotopic (exact) mass is 330 g/mol. The van der Waals surface area contributed by atoms with Gasteiger partial charge in [-0.1, -0.05) is 77.6 Å². The summed E-state index contributed by atoms with van der Waals surface area (Å²) in [6.07, 6.45) is 17.6. The van der Waals surface area contributed by atoms with Crippen molar-refractivity contribution in [2.45, 2.75) is 103 Å². The maximum Gasteiger partial charge on any atom is 0.0780 e. The molecule has 23 heavy (non-hydrogen) atoms. The molecule has 0 aliphatic carbocycles. The van der Waals surface area contributed by atoms with Crippen molar-refractivity contribution in [3.05, 3.63) is 5.21 Å². The normalized spacial score (nSPS) is 13.4. The van der Waals surface area contributed by atoms with Crippen LogP contribution < -0.4 is 5.48 Å². The van der Waals surface area contributed by atoms with E-state index in [-0.39, 0.29) is 10.7 Å². The Kier molecular flexibility index (Phi) is 15.3. The first-order valence-electron chi connectivity index (χ1n) is 9.93. The molecule has 1 atom stereocenters. The van der Waals surface area contributed by atoms with Gasteiger partial charge in [-0.05, 0) is 19.3 Å². The molecule has 0 amide bonds. The molecular weight excluding hydrogens is 288 g/mol. The van der Waals surface area contributed by atoms with E-state index in [0.717, 1.165) is 19.3 Å². The zero-order chi connectivity index (χ0) is 17.4. The first kappa shape index (κ1) is 22.8. The highest BCUT2D eigenvalue weighted by Crippen LogP contribution is 2.14. The van der Waals surface area contributed by atoms with Gasteiger partial charge in [0.2, 0.25) is 0 Å². The molecule has 0 heterocycles. The summed E-state index contributed by atoms with van der Waals surface area (Å²) in [4.78, 5) is 0. The molecule has 0 spiro atoms. The van der Waals surface area contributed by atoms with E-state index in [4.69, 9.17) is 0 Å². The third kappa shape index (κ3) is 18.0. The Labute approximate surface area is 144 Å². The Bertz CT molecular complexity index is 242. The van der Waals surface area contributed by atoms with E-state index in [1.54, 1.807) is 14.1 Å². The van der Waals surface area contributed by atoms with Crippen LogP contribution in [0.4, 0.5) is 0 Å². The summed E-state index contributed by atoms with van der Waals surface area (Å²) in [5, 5.41) is 20.7. The number of hydroxylamine groups is 4. The molecule has 4 nitrogen and oxygen atoms in total. The van der Waals surface area contributed by atoms with Crippen LogP contribution in [-0.2, 0) is 0 Å². The molecule has 0 saturated carbocycles. The lowest BCUT2D eigenvalue weighted by Gasteiger charge is -2.34. The van der Waals surface area contributed by atoms with Crippen molar-refractivity contribution in [2.24, 2.45) is 0 Å². The molecule has 0 aliphatic rings. The molecule has 0 aliphatic heterocycles. The maximum absolute atomic E-state index is 11.5. The number of unbranched alkanes of at least 4 members (excludes halogenated alkanes) is 10. The topological polar surface area (TPSA) is 55.3 Å². The Morgan fingerprint density at radius 3 is 1.65 bits per heavy atom. The minimum absolute atomic E-state index is 0.153. The molecule has 0 bridgehead atoms. The van der Waals surface area contributed by atoms with Crippen molar-refractivity contribution in [1.82, 2.24) is 5.48 Å². The van der Waals surface area contributed by atoms with Crippen LogP contribution in [0.1, 0.15) is 96.8 Å². The Hall–Kier alpha value is -0.160. The lowest BCUT2D eigenvalue weighted by Crippen LogP contribution is -2.34. The van der Waals surface area contributed by atoms with Gasteiger partial charge in [0, 0.05) is 6.04 Å². The SMILES string of the molecule is CCCCCCCCCCCCCC(CCC[N+](C)(C)[O-])NO. The van der Waals surface area contributed by atoms with Crippen molar-refractivity contribution in [2.75, 3.05) is 20.6 Å². The number of hydrogen-bond acceptors (Lipinski definition) is 3. The van der Waals surface area contributed by atoms with Crippen LogP contribution in [-0.4, -0.2) is 36.5 Å². The predicted octanol–water partition coefficient (Wildman–Crippen LogP) is 5.39. The lowest BCUT2D eigenvalue weighted by molar-refractivity contribution is -0.840. The highest BCUT2D eigenvalue weighted by Gasteiger charge is 2.09. The Morgan fingerprint density at radius 2 is 1.22 bits per heavy atom. The third-order valence-electron chi connectivity index (χ3n) is 4.59. The zero-order valence-corrected chi connectivity index (χ0v) is 16.0. The summed E-state index contributed by atoms with van der Waals surface area (Å²) >= 11 is 0. The van der Waals surface area contributed by atoms with Crippen molar-refractivity contribution < 1.29 is 9.85 Å². The largest absolute Gasteiger partial charge is 0.633 e. The van der Waals surface area contributed by atoms with E-state index in [1.165, 1.54) is 70.6 Å². The van der Waals surface area contributed by atoms with E-state index in [9.17, 15) is 10.4 Å². The van der Waals surface area contributed by atoms with Gasteiger partial charge in [0.25, 0.3) is 0 Å². The quantitative estimate of drug-likeness (QED) is 0.213. The second kappa shape index (κ2) is 15.4. The fourth-order valence-corrected chi connectivity index (χ4v) is 3.05. The average molecular weight is 331 g/mol. The fraction of sp³-hybridized carbons (Fsp3) is 1.00. The molecule has 0 aromatic heterocycles. The molecule has 1 unspecified atom stereocenters. The van der Waals surface area contributed by atoms with Gasteiger partial charge < -0.3 is 15.1 Å². The van der Waals surface area contributed by atoms with Gasteiger partial charge in [0.1, 0.15) is 0 Å². The number of hydrogen-bond donors (Lipinski definition) is 2. The fourth-order valence-electron chi connectivity index (χ4n) is 3.05. The van der Waals surface area contributed by atoms with Gasteiger partial charge in [0.05, 0.1) is 20.6 Å². The van der Waals surface area contributed by atoms with Crippen molar-refractivity contribution in [3.8, 4) is 0 Å². The third-order valence-corrected chi connectivity index (χ3v) is 4.59. The summed E-state index contributed by atoms with van der Waals surface area (Å²) in [5.74, 6) is 0. The molecule has 0 fully saturated rings. The van der Waals surface area contributed by atoms with E-state index in [1.807, 2.05) is 0 Å². The Morgan fingerprint density at radius 1 is 0.783 bits per heavy atom. The summed E-state index contributed by atoms with van der Waals surface area (Å²) in [7, 11) is 3.34. The minimum atomic E-state index is -0.239. The smallest absolute Gasteiger partial charge is 0.0780 e. The zero-order valence-electron chi connectivity index (χ0n) is 16.0. The van der Waals surface area contributed by atoms with Gasteiger partial charge in [-0.25, -0.2) is 5.48 Å². The van der Waals surface area contributed by atoms with Crippen LogP contribution in [0, 0.1) is 5.21 Å². The molecule has 0 saturated heterocycles. The van der Waals surface area contributed by atoms with Gasteiger partial charge >= 0.3 is 0 Å². The first-order valence-corrected chi connectivity index (χ1v) is 9.93. The van der Waals surface area contributed by atoms with Crippen LogP contribution in [0.15, 0.2) is 0 Å². The van der Waals surface area contributed by atoms with Crippen LogP contribution in [0.2, 0.25) is 0 Å². The number of nitrogens with zero attached hydrogens (tertiary/aromatic N) is 1. The van der Waals surface area contributed by atoms with Crippen LogP contribution in [0.25, 0.3) is 0 Å². The van der Waals surface area contributed by atoms with Gasteiger partial charge in [0.15, 0.2) is 0 Å². The van der Waals surface area contributed by atoms with E-state index in [0.29, 0.717) is 6.54 Å². The number of nitrogens with one attached hydrogen (secondary N) is 1. The highest BCUT2D eigenvalue weighted by molar-refractivity contribution is 4.62. The molecule has 4 heteroatoms. The standard InChI is InChI=1S/C19H42N2O2/c1-4-5-6-7-8-9-10-11-12-13-14-16-19(20-22)17-15-18-21(2,3)23/h19-20,22H,4-18H2,1-3H3. The van der Waals surface area contributed by atoms with E-state index >= 15 is 0 Å². The summed E-state index contributed by atoms with van der Waals surface area (Å²) in [5.41, 5.74) is 2.41. The van der Waals surface area contributed by atoms with Gasteiger partial charge in [-0.3, -0.25) is 0 Å². The molecule has 140 valence electrons. The second-order valence-corrected chi connectivity index (χ2v) is 7.59. The first-order chi connectivity index (χ1) is 11.0. The van der Waals surface area contributed by atoms with Crippen molar-refractivity contribution in [1.29, 1.82) is 0 Å². The minimum Gasteiger partial charge on any atom is -0.633 e. The van der Waals surface area contributed by atoms with Crippen LogP contribution in [0.5, 0.6) is 0 Å². The molecule has 2 N–H and O–H groups in total. The Balaban J connectivity index is 3.34. The van der Waals surface area contributed by atoms with Gasteiger partial charge in [-0.2, -0.15) is 0 Å². The molecule has 0 radical (unpaired) electrons. The maximum atomic E-state index is 11.5. The summed E-state index contributed by atoms with van der Waals surface area (Å²) in [6.45, 7) is 2.89. The molecule has 0 aromatic carbocycles. The second-order valence-electron chi connectivity index (χ2n) is 7.59. The van der Waals surface area contributed by atoms with Crippen LogP contribution >= 0.6 is 0 Å². The van der Waals surface area contributed by atoms with E-state index in [2.05, 4.69) is 12.4 Å². The highest BCUT2D eigenvalue weighted by atomic mass is 16.5. The van der Waals surface area contributed by atoms with E-state index < -0.39 is 0 Å². The van der Waals surface area contributed by atoms with Crippen molar-refractivity contribution >= 4 is 0 Å². The summed E-state index contributed by atoms with van der Waals surface area (Å²) < 4.78 is -0.239. The molecule has 0 aromatic rings. The number of quaternary nitrogens is 1. The molecule has 0 rings (SSSR count).